The molecule has 0 spiro atoms. The van der Waals surface area contributed by atoms with E-state index in [4.69, 9.17) is 24.9 Å². The van der Waals surface area contributed by atoms with Crippen molar-refractivity contribution in [1.29, 1.82) is 0 Å². The van der Waals surface area contributed by atoms with Gasteiger partial charge in [0, 0.05) is 44.9 Å². The minimum Gasteiger partial charge on any atom is -0.456 e. The fourth-order valence-corrected chi connectivity index (χ4v) is 6.82. The zero-order chi connectivity index (χ0) is 41.1. The Labute approximate surface area is 320 Å². The number of hydrogen-bond acceptors (Lipinski definition) is 5. The largest absolute Gasteiger partial charge is 0.456 e. The van der Waals surface area contributed by atoms with Gasteiger partial charge in [-0.3, -0.25) is 0 Å². The quantitative estimate of drug-likeness (QED) is 0.166. The Balaban J connectivity index is 1.28. The number of anilines is 3. The summed E-state index contributed by atoms with van der Waals surface area (Å²) in [6, 6.07) is 48.7. The SMILES string of the molecule is [2H]c1c([2H])c([2H])c2c(oc3c([2H])c(N(c4ccccc4)c4ccc(-c5ccc6ccccc6c5)cc4)c([2H])c(-c4nc(-c5ccccc5)nc(-c5ccccc5)n4)c32)c1[2H]. The summed E-state index contributed by atoms with van der Waals surface area (Å²) in [5.41, 5.74) is 4.85. The molecule has 0 aliphatic rings. The van der Waals surface area contributed by atoms with E-state index in [-0.39, 0.29) is 57.1 Å². The van der Waals surface area contributed by atoms with Crippen molar-refractivity contribution < 1.29 is 12.6 Å². The van der Waals surface area contributed by atoms with E-state index < -0.39 is 18.1 Å². The van der Waals surface area contributed by atoms with Crippen LogP contribution in [0.4, 0.5) is 17.1 Å². The van der Waals surface area contributed by atoms with Gasteiger partial charge in [-0.15, -0.1) is 0 Å². The summed E-state index contributed by atoms with van der Waals surface area (Å²) in [4.78, 5) is 16.6. The average molecular weight is 699 g/mol. The molecule has 10 rings (SSSR count). The lowest BCUT2D eigenvalue weighted by atomic mass is 10.0. The highest BCUT2D eigenvalue weighted by Crippen LogP contribution is 2.43. The Bertz CT molecular complexity index is 3210. The standard InChI is InChI=1S/C49H32N4O/c1-4-15-35(16-5-1)47-50-48(36-17-6-2-7-18-36)52-49(51-47)43-31-41(32-45-46(43)42-22-12-13-23-44(42)54-45)53(39-20-8-3-9-21-39)40-28-26-34(27-29-40)38-25-24-33-14-10-11-19-37(33)30-38/h1-32H/i12D,13D,22D,23D,31D,32D. The second kappa shape index (κ2) is 13.3. The fourth-order valence-electron chi connectivity index (χ4n) is 6.82. The van der Waals surface area contributed by atoms with Crippen LogP contribution in [0.1, 0.15) is 8.22 Å². The summed E-state index contributed by atoms with van der Waals surface area (Å²) < 4.78 is 61.4. The molecule has 0 saturated carbocycles. The van der Waals surface area contributed by atoms with Crippen molar-refractivity contribution in [2.75, 3.05) is 4.90 Å². The molecule has 254 valence electrons. The number of furan rings is 1. The Morgan fingerprint density at radius 3 is 1.72 bits per heavy atom. The summed E-state index contributed by atoms with van der Waals surface area (Å²) >= 11 is 0. The van der Waals surface area contributed by atoms with Crippen molar-refractivity contribution >= 4 is 49.8 Å². The van der Waals surface area contributed by atoms with Crippen LogP contribution in [0.15, 0.2) is 198 Å². The number of para-hydroxylation sites is 2. The molecule has 0 saturated heterocycles. The summed E-state index contributed by atoms with van der Waals surface area (Å²) in [7, 11) is 0. The predicted molar refractivity (Wildman–Crippen MR) is 221 cm³/mol. The van der Waals surface area contributed by atoms with E-state index in [9.17, 15) is 2.74 Å². The Kier molecular flexibility index (Phi) is 6.30. The van der Waals surface area contributed by atoms with E-state index in [0.717, 1.165) is 21.9 Å². The van der Waals surface area contributed by atoms with Crippen LogP contribution in [0.25, 0.3) is 78.0 Å². The zero-order valence-corrected chi connectivity index (χ0v) is 28.7. The summed E-state index contributed by atoms with van der Waals surface area (Å²) in [5.74, 6) is 0.749. The molecule has 0 amide bonds. The fraction of sp³-hybridized carbons (Fsp3) is 0. The van der Waals surface area contributed by atoms with Crippen LogP contribution in [0.3, 0.4) is 0 Å². The van der Waals surface area contributed by atoms with Gasteiger partial charge in [-0.1, -0.05) is 146 Å². The monoisotopic (exact) mass is 698 g/mol. The van der Waals surface area contributed by atoms with Crippen molar-refractivity contribution in [2.45, 2.75) is 0 Å². The van der Waals surface area contributed by atoms with Gasteiger partial charge in [-0.05, 0) is 64.3 Å². The molecule has 0 aliphatic heterocycles. The van der Waals surface area contributed by atoms with Crippen LogP contribution in [-0.2, 0) is 0 Å². The molecular formula is C49H32N4O. The summed E-state index contributed by atoms with van der Waals surface area (Å²) in [6.45, 7) is 0. The van der Waals surface area contributed by atoms with Gasteiger partial charge in [0.05, 0.1) is 13.9 Å². The minimum absolute atomic E-state index is 0.0327. The molecule has 54 heavy (non-hydrogen) atoms. The first-order valence-electron chi connectivity index (χ1n) is 20.5. The van der Waals surface area contributed by atoms with E-state index in [0.29, 0.717) is 34.2 Å². The third kappa shape index (κ3) is 5.74. The Morgan fingerprint density at radius 1 is 0.444 bits per heavy atom. The van der Waals surface area contributed by atoms with Crippen LogP contribution < -0.4 is 4.90 Å². The maximum Gasteiger partial charge on any atom is 0.164 e. The molecule has 0 radical (unpaired) electrons. The zero-order valence-electron chi connectivity index (χ0n) is 34.7. The van der Waals surface area contributed by atoms with Crippen molar-refractivity contribution in [3.63, 3.8) is 0 Å². The lowest BCUT2D eigenvalue weighted by Gasteiger charge is -2.26. The molecule has 10 aromatic rings. The van der Waals surface area contributed by atoms with Crippen LogP contribution in [-0.4, -0.2) is 15.0 Å². The molecule has 8 aromatic carbocycles. The smallest absolute Gasteiger partial charge is 0.164 e. The molecular weight excluding hydrogens is 661 g/mol. The first-order chi connectivity index (χ1) is 29.3. The average Bonchev–Trinajstić information content (AvgIpc) is 3.70. The van der Waals surface area contributed by atoms with Crippen LogP contribution in [0.2, 0.25) is 0 Å². The number of benzene rings is 8. The van der Waals surface area contributed by atoms with Crippen LogP contribution in [0.5, 0.6) is 0 Å². The molecule has 2 heterocycles. The lowest BCUT2D eigenvalue weighted by Crippen LogP contribution is -2.10. The number of fused-ring (bicyclic) bond motifs is 4. The molecule has 0 fully saturated rings. The molecule has 2 aromatic heterocycles. The summed E-state index contributed by atoms with van der Waals surface area (Å²) in [6.07, 6.45) is 0. The maximum atomic E-state index is 10.2. The molecule has 5 nitrogen and oxygen atoms in total. The first kappa shape index (κ1) is 25.6. The number of rotatable bonds is 7. The molecule has 0 N–H and O–H groups in total. The Morgan fingerprint density at radius 2 is 1.02 bits per heavy atom. The predicted octanol–water partition coefficient (Wildman–Crippen LogP) is 13.1. The lowest BCUT2D eigenvalue weighted by molar-refractivity contribution is 0.669. The normalized spacial score (nSPS) is 12.9. The van der Waals surface area contributed by atoms with Gasteiger partial charge in [0.25, 0.3) is 0 Å². The van der Waals surface area contributed by atoms with E-state index in [1.54, 1.807) is 0 Å². The molecule has 0 unspecified atom stereocenters. The van der Waals surface area contributed by atoms with E-state index in [2.05, 4.69) is 30.3 Å². The number of aromatic nitrogens is 3. The van der Waals surface area contributed by atoms with Crippen molar-refractivity contribution in [3.8, 4) is 45.3 Å². The second-order valence-electron chi connectivity index (χ2n) is 12.8. The molecule has 0 bridgehead atoms. The molecule has 0 atom stereocenters. The second-order valence-corrected chi connectivity index (χ2v) is 12.8. The van der Waals surface area contributed by atoms with Gasteiger partial charge >= 0.3 is 0 Å². The van der Waals surface area contributed by atoms with Gasteiger partial charge in [0.15, 0.2) is 17.5 Å². The van der Waals surface area contributed by atoms with Gasteiger partial charge in [-0.2, -0.15) is 0 Å². The van der Waals surface area contributed by atoms with E-state index in [1.165, 1.54) is 0 Å². The van der Waals surface area contributed by atoms with E-state index in [1.807, 2.05) is 132 Å². The summed E-state index contributed by atoms with van der Waals surface area (Å²) in [5, 5.41) is 2.45. The topological polar surface area (TPSA) is 55.1 Å². The van der Waals surface area contributed by atoms with Gasteiger partial charge < -0.3 is 9.32 Å². The highest BCUT2D eigenvalue weighted by Gasteiger charge is 2.22. The molecule has 5 heteroatoms. The number of nitrogens with zero attached hydrogens (tertiary/aromatic N) is 4. The maximum absolute atomic E-state index is 10.2. The van der Waals surface area contributed by atoms with Crippen molar-refractivity contribution in [2.24, 2.45) is 0 Å². The minimum atomic E-state index is -0.471. The highest BCUT2D eigenvalue weighted by molar-refractivity contribution is 6.13. The third-order valence-electron chi connectivity index (χ3n) is 9.43. The van der Waals surface area contributed by atoms with E-state index >= 15 is 0 Å². The Hall–Kier alpha value is -7.37. The van der Waals surface area contributed by atoms with Crippen LogP contribution in [0, 0.1) is 0 Å². The number of hydrogen-bond donors (Lipinski definition) is 0. The van der Waals surface area contributed by atoms with Gasteiger partial charge in [-0.25, -0.2) is 15.0 Å². The third-order valence-corrected chi connectivity index (χ3v) is 9.43. The van der Waals surface area contributed by atoms with Gasteiger partial charge in [0.1, 0.15) is 11.2 Å². The van der Waals surface area contributed by atoms with Crippen molar-refractivity contribution in [1.82, 2.24) is 15.0 Å². The molecule has 0 aliphatic carbocycles. The van der Waals surface area contributed by atoms with Crippen molar-refractivity contribution in [3.05, 3.63) is 194 Å². The first-order valence-corrected chi connectivity index (χ1v) is 17.5. The van der Waals surface area contributed by atoms with Crippen LogP contribution >= 0.6 is 0 Å². The van der Waals surface area contributed by atoms with Gasteiger partial charge in [0.2, 0.25) is 0 Å². The highest BCUT2D eigenvalue weighted by atomic mass is 16.3.